The molecule has 3 N–H and O–H groups in total. The summed E-state index contributed by atoms with van der Waals surface area (Å²) in [5.41, 5.74) is 0. The molecule has 17 heavy (non-hydrogen) atoms. The van der Waals surface area contributed by atoms with E-state index in [1.807, 2.05) is 6.92 Å². The Kier molecular flexibility index (Phi) is 6.22. The van der Waals surface area contributed by atoms with Crippen molar-refractivity contribution in [2.45, 2.75) is 57.2 Å². The number of nitrogens with one attached hydrogen (secondary N) is 2. The van der Waals surface area contributed by atoms with Gasteiger partial charge in [-0.3, -0.25) is 4.79 Å². The maximum absolute atomic E-state index is 11.7. The summed E-state index contributed by atoms with van der Waals surface area (Å²) >= 11 is 0. The van der Waals surface area contributed by atoms with Gasteiger partial charge in [-0.05, 0) is 19.8 Å². The highest BCUT2D eigenvalue weighted by Gasteiger charge is 2.24. The van der Waals surface area contributed by atoms with Gasteiger partial charge in [0.1, 0.15) is 0 Å². The molecule has 1 aliphatic carbocycles. The summed E-state index contributed by atoms with van der Waals surface area (Å²) in [4.78, 5) is 11.7. The van der Waals surface area contributed by atoms with Crippen molar-refractivity contribution in [2.75, 3.05) is 6.54 Å². The molecule has 4 heteroatoms. The molecule has 0 saturated heterocycles. The quantitative estimate of drug-likeness (QED) is 0.495. The maximum atomic E-state index is 11.7. The number of aliphatic hydroxyl groups excluding tert-OH is 1. The van der Waals surface area contributed by atoms with E-state index in [9.17, 15) is 9.90 Å². The SMILES string of the molecule is C=CCNC(=O)C(C)NC1CCCCCC1O. The summed E-state index contributed by atoms with van der Waals surface area (Å²) in [5.74, 6) is -0.0404. The minimum Gasteiger partial charge on any atom is -0.392 e. The molecule has 4 nitrogen and oxygen atoms in total. The highest BCUT2D eigenvalue weighted by atomic mass is 16.3. The standard InChI is InChI=1S/C13H24N2O2/c1-3-9-14-13(17)10(2)15-11-7-5-4-6-8-12(11)16/h3,10-12,15-16H,1,4-9H2,2H3,(H,14,17). The second kappa shape index (κ2) is 7.45. The Labute approximate surface area is 103 Å². The van der Waals surface area contributed by atoms with E-state index in [4.69, 9.17) is 0 Å². The van der Waals surface area contributed by atoms with Crippen LogP contribution in [0.1, 0.15) is 39.0 Å². The molecule has 0 aromatic carbocycles. The molecular weight excluding hydrogens is 216 g/mol. The number of hydrogen-bond acceptors (Lipinski definition) is 3. The van der Waals surface area contributed by atoms with Crippen LogP contribution in [0.15, 0.2) is 12.7 Å². The van der Waals surface area contributed by atoms with Crippen LogP contribution in [0.5, 0.6) is 0 Å². The lowest BCUT2D eigenvalue weighted by molar-refractivity contribution is -0.122. The van der Waals surface area contributed by atoms with Crippen molar-refractivity contribution in [3.05, 3.63) is 12.7 Å². The normalized spacial score (nSPS) is 26.9. The third-order valence-electron chi connectivity index (χ3n) is 3.26. The zero-order chi connectivity index (χ0) is 12.7. The van der Waals surface area contributed by atoms with Crippen LogP contribution in [0.3, 0.4) is 0 Å². The fourth-order valence-corrected chi connectivity index (χ4v) is 2.21. The summed E-state index contributed by atoms with van der Waals surface area (Å²) in [7, 11) is 0. The molecule has 0 heterocycles. The molecule has 0 aromatic heterocycles. The van der Waals surface area contributed by atoms with E-state index in [1.54, 1.807) is 6.08 Å². The Morgan fingerprint density at radius 3 is 2.88 bits per heavy atom. The van der Waals surface area contributed by atoms with E-state index in [-0.39, 0.29) is 24.1 Å². The molecule has 1 aliphatic rings. The first-order valence-electron chi connectivity index (χ1n) is 6.48. The second-order valence-electron chi connectivity index (χ2n) is 4.73. The Hall–Kier alpha value is -0.870. The fraction of sp³-hybridized carbons (Fsp3) is 0.769. The van der Waals surface area contributed by atoms with Crippen molar-refractivity contribution in [3.8, 4) is 0 Å². The van der Waals surface area contributed by atoms with Gasteiger partial charge in [-0.2, -0.15) is 0 Å². The van der Waals surface area contributed by atoms with Gasteiger partial charge in [-0.15, -0.1) is 6.58 Å². The van der Waals surface area contributed by atoms with Gasteiger partial charge >= 0.3 is 0 Å². The van der Waals surface area contributed by atoms with Crippen molar-refractivity contribution in [3.63, 3.8) is 0 Å². The predicted octanol–water partition coefficient (Wildman–Crippen LogP) is 0.960. The van der Waals surface area contributed by atoms with Gasteiger partial charge in [-0.25, -0.2) is 0 Å². The minimum absolute atomic E-state index is 0.0404. The van der Waals surface area contributed by atoms with Crippen LogP contribution >= 0.6 is 0 Å². The molecule has 0 radical (unpaired) electrons. The van der Waals surface area contributed by atoms with E-state index < -0.39 is 0 Å². The number of carbonyl (C=O) groups excluding carboxylic acids is 1. The van der Waals surface area contributed by atoms with Gasteiger partial charge in [-0.1, -0.05) is 25.3 Å². The summed E-state index contributed by atoms with van der Waals surface area (Å²) in [6.07, 6.45) is 6.48. The number of rotatable bonds is 5. The monoisotopic (exact) mass is 240 g/mol. The highest BCUT2D eigenvalue weighted by molar-refractivity contribution is 5.81. The van der Waals surface area contributed by atoms with E-state index in [0.29, 0.717) is 6.54 Å². The molecule has 0 bridgehead atoms. The molecule has 3 unspecified atom stereocenters. The molecular formula is C13H24N2O2. The third-order valence-corrected chi connectivity index (χ3v) is 3.26. The Morgan fingerprint density at radius 2 is 2.18 bits per heavy atom. The average Bonchev–Trinajstić information content (AvgIpc) is 2.52. The number of amides is 1. The first-order chi connectivity index (χ1) is 8.15. The average molecular weight is 240 g/mol. The first kappa shape index (κ1) is 14.2. The zero-order valence-electron chi connectivity index (χ0n) is 10.6. The molecule has 1 rings (SSSR count). The van der Waals surface area contributed by atoms with Crippen molar-refractivity contribution in [1.29, 1.82) is 0 Å². The lowest BCUT2D eigenvalue weighted by Crippen LogP contribution is -2.50. The third kappa shape index (κ3) is 4.88. The van der Waals surface area contributed by atoms with Gasteiger partial charge in [0.25, 0.3) is 0 Å². The van der Waals surface area contributed by atoms with E-state index in [0.717, 1.165) is 25.7 Å². The Morgan fingerprint density at radius 1 is 1.47 bits per heavy atom. The predicted molar refractivity (Wildman–Crippen MR) is 68.7 cm³/mol. The summed E-state index contributed by atoms with van der Waals surface area (Å²) in [6.45, 7) is 5.87. The second-order valence-corrected chi connectivity index (χ2v) is 4.73. The zero-order valence-corrected chi connectivity index (χ0v) is 10.6. The van der Waals surface area contributed by atoms with Crippen LogP contribution in [-0.4, -0.2) is 35.7 Å². The van der Waals surface area contributed by atoms with Crippen molar-refractivity contribution in [1.82, 2.24) is 10.6 Å². The first-order valence-corrected chi connectivity index (χ1v) is 6.48. The van der Waals surface area contributed by atoms with Crippen molar-refractivity contribution >= 4 is 5.91 Å². The molecule has 0 aromatic rings. The lowest BCUT2D eigenvalue weighted by Gasteiger charge is -2.25. The van der Waals surface area contributed by atoms with Gasteiger partial charge in [0.2, 0.25) is 5.91 Å². The lowest BCUT2D eigenvalue weighted by atomic mass is 10.1. The smallest absolute Gasteiger partial charge is 0.237 e. The minimum atomic E-state index is -0.327. The van der Waals surface area contributed by atoms with Crippen LogP contribution in [0.4, 0.5) is 0 Å². The number of carbonyl (C=O) groups is 1. The van der Waals surface area contributed by atoms with E-state index >= 15 is 0 Å². The topological polar surface area (TPSA) is 61.4 Å². The van der Waals surface area contributed by atoms with Crippen LogP contribution in [0.2, 0.25) is 0 Å². The number of hydrogen-bond donors (Lipinski definition) is 3. The summed E-state index contributed by atoms with van der Waals surface area (Å²) in [5, 5.41) is 15.9. The maximum Gasteiger partial charge on any atom is 0.237 e. The number of aliphatic hydroxyl groups is 1. The largest absolute Gasteiger partial charge is 0.392 e. The van der Waals surface area contributed by atoms with Gasteiger partial charge in [0.15, 0.2) is 0 Å². The molecule has 0 spiro atoms. The van der Waals surface area contributed by atoms with Crippen LogP contribution in [0.25, 0.3) is 0 Å². The highest BCUT2D eigenvalue weighted by Crippen LogP contribution is 2.18. The van der Waals surface area contributed by atoms with Gasteiger partial charge in [0.05, 0.1) is 12.1 Å². The van der Waals surface area contributed by atoms with Crippen LogP contribution < -0.4 is 10.6 Å². The van der Waals surface area contributed by atoms with Crippen molar-refractivity contribution < 1.29 is 9.90 Å². The summed E-state index contributed by atoms with van der Waals surface area (Å²) in [6, 6.07) is -0.227. The molecule has 1 saturated carbocycles. The van der Waals surface area contributed by atoms with Gasteiger partial charge < -0.3 is 15.7 Å². The fourth-order valence-electron chi connectivity index (χ4n) is 2.21. The van der Waals surface area contributed by atoms with E-state index in [1.165, 1.54) is 6.42 Å². The van der Waals surface area contributed by atoms with Crippen LogP contribution in [-0.2, 0) is 4.79 Å². The summed E-state index contributed by atoms with van der Waals surface area (Å²) < 4.78 is 0. The molecule has 3 atom stereocenters. The Balaban J connectivity index is 2.39. The Bertz CT molecular complexity index is 256. The van der Waals surface area contributed by atoms with E-state index in [2.05, 4.69) is 17.2 Å². The van der Waals surface area contributed by atoms with Gasteiger partial charge in [0, 0.05) is 12.6 Å². The van der Waals surface area contributed by atoms with Crippen LogP contribution in [0, 0.1) is 0 Å². The van der Waals surface area contributed by atoms with Crippen molar-refractivity contribution in [2.24, 2.45) is 0 Å². The molecule has 1 fully saturated rings. The molecule has 98 valence electrons. The molecule has 1 amide bonds. The molecule has 0 aliphatic heterocycles.